The van der Waals surface area contributed by atoms with Gasteiger partial charge >= 0.3 is 5.95 Å². The predicted octanol–water partition coefficient (Wildman–Crippen LogP) is -4.17. The van der Waals surface area contributed by atoms with Gasteiger partial charge in [0.1, 0.15) is 0 Å². The molecule has 0 fully saturated rings. The first-order valence-electron chi connectivity index (χ1n) is 4.44. The first kappa shape index (κ1) is 13.9. The minimum atomic E-state index is 0. The first-order valence-corrected chi connectivity index (χ1v) is 4.44. The van der Waals surface area contributed by atoms with Crippen LogP contribution in [0.3, 0.4) is 0 Å². The zero-order valence-corrected chi connectivity index (χ0v) is 10.4. The second-order valence-electron chi connectivity index (χ2n) is 3.37. The average molecular weight is 233 g/mol. The molecule has 0 aliphatic heterocycles. The highest BCUT2D eigenvalue weighted by atomic mass is 35.5. The van der Waals surface area contributed by atoms with Gasteiger partial charge in [0, 0.05) is 28.2 Å². The molecule has 1 aromatic heterocycles. The number of hydrogen-bond acceptors (Lipinski definition) is 5. The topological polar surface area (TPSA) is 61.8 Å². The Balaban J connectivity index is 0.00000196. The molecule has 1 heterocycles. The van der Waals surface area contributed by atoms with E-state index in [4.69, 9.17) is 0 Å². The summed E-state index contributed by atoms with van der Waals surface area (Å²) in [6.07, 6.45) is 0. The summed E-state index contributed by atoms with van der Waals surface area (Å²) < 4.78 is 0. The minimum absolute atomic E-state index is 0. The molecule has 1 aromatic rings. The van der Waals surface area contributed by atoms with Gasteiger partial charge in [-0.2, -0.15) is 4.98 Å². The van der Waals surface area contributed by atoms with E-state index in [0.717, 1.165) is 0 Å². The van der Waals surface area contributed by atoms with Gasteiger partial charge in [0.05, 0.1) is 7.05 Å². The molecule has 2 N–H and O–H groups in total. The van der Waals surface area contributed by atoms with E-state index >= 15 is 0 Å². The van der Waals surface area contributed by atoms with Crippen molar-refractivity contribution in [1.29, 1.82) is 0 Å². The Bertz CT molecular complexity index is 288. The third kappa shape index (κ3) is 3.49. The smallest absolute Gasteiger partial charge is 0.332 e. The molecule has 1 rings (SSSR count). The van der Waals surface area contributed by atoms with Gasteiger partial charge in [-0.25, -0.2) is 0 Å². The van der Waals surface area contributed by atoms with Crippen LogP contribution in [0.2, 0.25) is 0 Å². The third-order valence-corrected chi connectivity index (χ3v) is 1.69. The molecule has 0 radical (unpaired) electrons. The van der Waals surface area contributed by atoms with E-state index in [0.29, 0.717) is 17.8 Å². The SMILES string of the molecule is C[NH2+]c1nc(N(C)C)nc(N(C)C)n1.[Cl-]. The zero-order chi connectivity index (χ0) is 10.7. The molecule has 0 atom stereocenters. The average Bonchev–Trinajstić information content (AvgIpc) is 2.16. The molecule has 0 aliphatic rings. The summed E-state index contributed by atoms with van der Waals surface area (Å²) in [7, 11) is 9.55. The number of halogens is 1. The number of rotatable bonds is 3. The Morgan fingerprint density at radius 3 is 1.53 bits per heavy atom. The Kier molecular flexibility index (Phi) is 5.24. The van der Waals surface area contributed by atoms with Crippen LogP contribution in [0.1, 0.15) is 0 Å². The summed E-state index contributed by atoms with van der Waals surface area (Å²) in [6, 6.07) is 0. The highest BCUT2D eigenvalue weighted by molar-refractivity contribution is 5.39. The molecule has 7 heteroatoms. The van der Waals surface area contributed by atoms with Crippen molar-refractivity contribution in [3.05, 3.63) is 0 Å². The van der Waals surface area contributed by atoms with E-state index in [1.165, 1.54) is 0 Å². The maximum atomic E-state index is 4.29. The van der Waals surface area contributed by atoms with Crippen molar-refractivity contribution in [3.63, 3.8) is 0 Å². The Morgan fingerprint density at radius 1 is 0.867 bits per heavy atom. The van der Waals surface area contributed by atoms with Crippen LogP contribution in [-0.4, -0.2) is 50.2 Å². The molecule has 0 aromatic carbocycles. The van der Waals surface area contributed by atoms with Crippen molar-refractivity contribution in [3.8, 4) is 0 Å². The highest BCUT2D eigenvalue weighted by Crippen LogP contribution is 2.09. The van der Waals surface area contributed by atoms with E-state index in [9.17, 15) is 0 Å². The van der Waals surface area contributed by atoms with Crippen LogP contribution in [-0.2, 0) is 0 Å². The fraction of sp³-hybridized carbons (Fsp3) is 0.625. The standard InChI is InChI=1S/C8H16N6.ClH/c1-9-6-10-7(13(2)3)12-8(11-6)14(4)5;/h1-5H3,(H,9,10,11,12);1H. The summed E-state index contributed by atoms with van der Waals surface area (Å²) in [6.45, 7) is 0. The summed E-state index contributed by atoms with van der Waals surface area (Å²) in [5.41, 5.74) is 0. The van der Waals surface area contributed by atoms with Gasteiger partial charge in [0.25, 0.3) is 0 Å². The van der Waals surface area contributed by atoms with Gasteiger partial charge < -0.3 is 22.2 Å². The van der Waals surface area contributed by atoms with Gasteiger partial charge in [-0.15, -0.1) is 9.97 Å². The molecule has 0 aliphatic carbocycles. The molecular weight excluding hydrogens is 216 g/mol. The van der Waals surface area contributed by atoms with Crippen LogP contribution in [0.5, 0.6) is 0 Å². The van der Waals surface area contributed by atoms with Crippen molar-refractivity contribution < 1.29 is 17.7 Å². The first-order chi connectivity index (χ1) is 6.54. The Morgan fingerprint density at radius 2 is 1.27 bits per heavy atom. The quantitative estimate of drug-likeness (QED) is 0.573. The van der Waals surface area contributed by atoms with Crippen LogP contribution in [0, 0.1) is 0 Å². The molecule has 86 valence electrons. The molecule has 6 nitrogen and oxygen atoms in total. The normalized spacial score (nSPS) is 9.40. The lowest BCUT2D eigenvalue weighted by atomic mass is 10.7. The number of aromatic nitrogens is 3. The molecule has 0 saturated heterocycles. The lowest BCUT2D eigenvalue weighted by Crippen LogP contribution is -3.00. The molecule has 0 amide bonds. The van der Waals surface area contributed by atoms with Gasteiger partial charge in [-0.3, -0.25) is 5.32 Å². The molecule has 0 saturated carbocycles. The molecular formula is C8H17ClN6. The number of nitrogens with zero attached hydrogens (tertiary/aromatic N) is 5. The molecule has 0 spiro atoms. The second-order valence-corrected chi connectivity index (χ2v) is 3.37. The van der Waals surface area contributed by atoms with Crippen molar-refractivity contribution >= 4 is 17.8 Å². The van der Waals surface area contributed by atoms with Crippen molar-refractivity contribution in [2.75, 3.05) is 45.0 Å². The van der Waals surface area contributed by atoms with Gasteiger partial charge in [0.2, 0.25) is 11.9 Å². The summed E-state index contributed by atoms with van der Waals surface area (Å²) in [4.78, 5) is 16.5. The van der Waals surface area contributed by atoms with E-state index in [-0.39, 0.29) is 12.4 Å². The van der Waals surface area contributed by atoms with Crippen molar-refractivity contribution in [2.45, 2.75) is 0 Å². The number of nitrogens with two attached hydrogens (primary N) is 1. The highest BCUT2D eigenvalue weighted by Gasteiger charge is 2.10. The fourth-order valence-electron chi connectivity index (χ4n) is 0.898. The second kappa shape index (κ2) is 5.67. The molecule has 0 bridgehead atoms. The van der Waals surface area contributed by atoms with Crippen molar-refractivity contribution in [1.82, 2.24) is 15.0 Å². The Labute approximate surface area is 96.1 Å². The van der Waals surface area contributed by atoms with E-state index in [2.05, 4.69) is 15.0 Å². The summed E-state index contributed by atoms with van der Waals surface area (Å²) in [5.74, 6) is 2.06. The maximum absolute atomic E-state index is 4.29. The summed E-state index contributed by atoms with van der Waals surface area (Å²) >= 11 is 0. The van der Waals surface area contributed by atoms with Gasteiger partial charge in [-0.1, -0.05) is 0 Å². The van der Waals surface area contributed by atoms with Crippen LogP contribution in [0.4, 0.5) is 17.8 Å². The largest absolute Gasteiger partial charge is 1.00 e. The van der Waals surface area contributed by atoms with Crippen LogP contribution >= 0.6 is 0 Å². The lowest BCUT2D eigenvalue weighted by Gasteiger charge is -2.14. The minimum Gasteiger partial charge on any atom is -1.00 e. The predicted molar refractivity (Wildman–Crippen MR) is 56.0 cm³/mol. The number of quaternary nitrogens is 1. The Hall–Kier alpha value is -1.14. The molecule has 0 unspecified atom stereocenters. The fourth-order valence-corrected chi connectivity index (χ4v) is 0.898. The maximum Gasteiger partial charge on any atom is 0.332 e. The molecule has 15 heavy (non-hydrogen) atoms. The van der Waals surface area contributed by atoms with Crippen LogP contribution in [0.15, 0.2) is 0 Å². The van der Waals surface area contributed by atoms with Gasteiger partial charge in [-0.05, 0) is 0 Å². The van der Waals surface area contributed by atoms with E-state index < -0.39 is 0 Å². The lowest BCUT2D eigenvalue weighted by molar-refractivity contribution is -0.547. The van der Waals surface area contributed by atoms with Crippen LogP contribution in [0.25, 0.3) is 0 Å². The van der Waals surface area contributed by atoms with E-state index in [1.54, 1.807) is 0 Å². The summed E-state index contributed by atoms with van der Waals surface area (Å²) in [5, 5.41) is 1.86. The number of hydrogen-bond donors (Lipinski definition) is 1. The number of anilines is 2. The van der Waals surface area contributed by atoms with E-state index in [1.807, 2.05) is 50.4 Å². The van der Waals surface area contributed by atoms with Crippen LogP contribution < -0.4 is 27.5 Å². The zero-order valence-electron chi connectivity index (χ0n) is 9.69. The monoisotopic (exact) mass is 232 g/mol. The third-order valence-electron chi connectivity index (χ3n) is 1.69. The van der Waals surface area contributed by atoms with Crippen molar-refractivity contribution in [2.24, 2.45) is 0 Å². The van der Waals surface area contributed by atoms with Gasteiger partial charge in [0.15, 0.2) is 0 Å².